The molecule has 0 spiro atoms. The first-order valence-corrected chi connectivity index (χ1v) is 11.1. The molecule has 1 N–H and O–H groups in total. The van der Waals surface area contributed by atoms with E-state index in [4.69, 9.17) is 0 Å². The van der Waals surface area contributed by atoms with E-state index < -0.39 is 11.9 Å². The van der Waals surface area contributed by atoms with E-state index in [2.05, 4.69) is 10.3 Å². The van der Waals surface area contributed by atoms with Gasteiger partial charge in [-0.3, -0.25) is 29.6 Å². The van der Waals surface area contributed by atoms with Crippen LogP contribution in [0.2, 0.25) is 0 Å². The van der Waals surface area contributed by atoms with E-state index in [9.17, 15) is 14.4 Å². The van der Waals surface area contributed by atoms with Gasteiger partial charge in [0.15, 0.2) is 5.78 Å². The molecule has 1 saturated heterocycles. The zero-order valence-corrected chi connectivity index (χ0v) is 16.8. The molecule has 4 aliphatic carbocycles. The second kappa shape index (κ2) is 7.31. The maximum absolute atomic E-state index is 13.4. The average Bonchev–Trinajstić information content (AvgIpc) is 3.16. The molecule has 2 heterocycles. The second-order valence-corrected chi connectivity index (χ2v) is 9.78. The molecule has 6 heteroatoms. The third-order valence-electron chi connectivity index (χ3n) is 7.78. The van der Waals surface area contributed by atoms with E-state index in [0.717, 1.165) is 50.0 Å². The number of rotatable bonds is 5. The van der Waals surface area contributed by atoms with Gasteiger partial charge in [-0.15, -0.1) is 0 Å². The molecule has 2 amide bonds. The number of hydrogen-bond acceptors (Lipinski definition) is 5. The van der Waals surface area contributed by atoms with Crippen LogP contribution < -0.4 is 5.32 Å². The molecule has 0 aromatic carbocycles. The van der Waals surface area contributed by atoms with E-state index in [1.165, 1.54) is 25.5 Å². The smallest absolute Gasteiger partial charge is 0.276 e. The van der Waals surface area contributed by atoms with Gasteiger partial charge < -0.3 is 0 Å². The lowest BCUT2D eigenvalue weighted by atomic mass is 9.48. The van der Waals surface area contributed by atoms with Crippen LogP contribution >= 0.6 is 0 Å². The normalized spacial score (nSPS) is 35.6. The van der Waals surface area contributed by atoms with Gasteiger partial charge in [-0.05, 0) is 87.8 Å². The summed E-state index contributed by atoms with van der Waals surface area (Å²) in [5.74, 6) is 1.76. The molecule has 4 bridgehead atoms. The number of carbonyl (C=O) groups is 3. The minimum Gasteiger partial charge on any atom is -0.298 e. The van der Waals surface area contributed by atoms with Crippen LogP contribution in [0.15, 0.2) is 24.4 Å². The first-order chi connectivity index (χ1) is 14.0. The lowest BCUT2D eigenvalue weighted by molar-refractivity contribution is -0.145. The molecular weight excluding hydrogens is 366 g/mol. The minimum atomic E-state index is -0.477. The van der Waals surface area contributed by atoms with Crippen molar-refractivity contribution in [3.8, 4) is 0 Å². The quantitative estimate of drug-likeness (QED) is 0.775. The van der Waals surface area contributed by atoms with Gasteiger partial charge in [-0.2, -0.15) is 0 Å². The summed E-state index contributed by atoms with van der Waals surface area (Å²) < 4.78 is 0. The van der Waals surface area contributed by atoms with Gasteiger partial charge in [0.05, 0.1) is 12.6 Å². The summed E-state index contributed by atoms with van der Waals surface area (Å²) in [4.78, 5) is 44.5. The van der Waals surface area contributed by atoms with Crippen LogP contribution in [0, 0.1) is 23.2 Å². The Kier molecular flexibility index (Phi) is 4.77. The molecule has 1 atom stereocenters. The molecule has 1 aliphatic heterocycles. The van der Waals surface area contributed by atoms with Crippen LogP contribution in [0.5, 0.6) is 0 Å². The van der Waals surface area contributed by atoms with Crippen molar-refractivity contribution in [1.82, 2.24) is 15.2 Å². The molecular formula is C23H29N3O3. The number of aromatic nitrogens is 1. The summed E-state index contributed by atoms with van der Waals surface area (Å²) in [7, 11) is 0. The summed E-state index contributed by atoms with van der Waals surface area (Å²) in [5.41, 5.74) is 0.0948. The lowest BCUT2D eigenvalue weighted by Gasteiger charge is -2.56. The van der Waals surface area contributed by atoms with E-state index in [0.29, 0.717) is 18.7 Å². The standard InChI is InChI=1S/C23H29N3O3/c27-20(23-11-15-8-16(12-23)10-17(9-15)13-23)14-26-7-3-5-19(26)22(29)25-21(28)18-4-1-2-6-24-18/h1-2,4,6,15-17,19H,3,5,7-14H2,(H,25,28,29)/t15?,16?,17?,19-,23?/m0/s1. The first kappa shape index (κ1) is 18.9. The predicted molar refractivity (Wildman–Crippen MR) is 107 cm³/mol. The Balaban J connectivity index is 1.24. The van der Waals surface area contributed by atoms with Gasteiger partial charge >= 0.3 is 0 Å². The molecule has 5 aliphatic rings. The maximum atomic E-state index is 13.4. The van der Waals surface area contributed by atoms with Crippen molar-refractivity contribution >= 4 is 17.6 Å². The van der Waals surface area contributed by atoms with Crippen molar-refractivity contribution in [1.29, 1.82) is 0 Å². The highest BCUT2D eigenvalue weighted by atomic mass is 16.2. The highest BCUT2D eigenvalue weighted by Crippen LogP contribution is 2.60. The van der Waals surface area contributed by atoms with Gasteiger partial charge in [0.25, 0.3) is 5.91 Å². The molecule has 154 valence electrons. The average molecular weight is 396 g/mol. The zero-order valence-electron chi connectivity index (χ0n) is 16.8. The monoisotopic (exact) mass is 395 g/mol. The molecule has 0 unspecified atom stereocenters. The molecule has 0 radical (unpaired) electrons. The van der Waals surface area contributed by atoms with Crippen molar-refractivity contribution in [2.45, 2.75) is 57.4 Å². The van der Waals surface area contributed by atoms with Crippen molar-refractivity contribution < 1.29 is 14.4 Å². The highest BCUT2D eigenvalue weighted by Gasteiger charge is 2.54. The van der Waals surface area contributed by atoms with Gasteiger partial charge in [0.1, 0.15) is 5.69 Å². The van der Waals surface area contributed by atoms with Crippen molar-refractivity contribution in [2.75, 3.05) is 13.1 Å². The number of ketones is 1. The number of likely N-dealkylation sites (tertiary alicyclic amines) is 1. The number of imide groups is 1. The lowest BCUT2D eigenvalue weighted by Crippen LogP contribution is -2.54. The summed E-state index contributed by atoms with van der Waals surface area (Å²) in [5, 5.41) is 2.48. The topological polar surface area (TPSA) is 79.4 Å². The fourth-order valence-corrected chi connectivity index (χ4v) is 6.87. The van der Waals surface area contributed by atoms with Crippen LogP contribution in [-0.4, -0.2) is 46.6 Å². The Hall–Kier alpha value is -2.08. The van der Waals surface area contributed by atoms with Gasteiger partial charge in [0.2, 0.25) is 5.91 Å². The van der Waals surface area contributed by atoms with Crippen molar-refractivity contribution in [3.63, 3.8) is 0 Å². The molecule has 6 nitrogen and oxygen atoms in total. The Morgan fingerprint density at radius 2 is 1.76 bits per heavy atom. The fourth-order valence-electron chi connectivity index (χ4n) is 6.87. The Morgan fingerprint density at radius 3 is 2.38 bits per heavy atom. The predicted octanol–water partition coefficient (Wildman–Crippen LogP) is 2.59. The van der Waals surface area contributed by atoms with Crippen molar-refractivity contribution in [2.24, 2.45) is 23.2 Å². The van der Waals surface area contributed by atoms with Gasteiger partial charge in [0, 0.05) is 11.6 Å². The number of amides is 2. The van der Waals surface area contributed by atoms with Gasteiger partial charge in [-0.1, -0.05) is 6.07 Å². The second-order valence-electron chi connectivity index (χ2n) is 9.78. The van der Waals surface area contributed by atoms with Crippen molar-refractivity contribution in [3.05, 3.63) is 30.1 Å². The SMILES string of the molecule is O=C(NC(=O)[C@@H]1CCCN1CC(=O)C12CC3CC(CC(C3)C1)C2)c1ccccn1. The third-order valence-corrected chi connectivity index (χ3v) is 7.78. The number of Topliss-reactive ketones (excluding diaryl/α,β-unsaturated/α-hetero) is 1. The highest BCUT2D eigenvalue weighted by molar-refractivity contribution is 6.05. The fraction of sp³-hybridized carbons (Fsp3) is 0.652. The molecule has 6 rings (SSSR count). The minimum absolute atomic E-state index is 0.137. The maximum Gasteiger partial charge on any atom is 0.276 e. The third kappa shape index (κ3) is 3.52. The summed E-state index contributed by atoms with van der Waals surface area (Å²) >= 11 is 0. The Morgan fingerprint density at radius 1 is 1.07 bits per heavy atom. The Bertz CT molecular complexity index is 787. The summed E-state index contributed by atoms with van der Waals surface area (Å²) in [6.45, 7) is 1.09. The molecule has 5 fully saturated rings. The number of nitrogens with zero attached hydrogens (tertiary/aromatic N) is 2. The van der Waals surface area contributed by atoms with Crippen LogP contribution in [0.1, 0.15) is 61.9 Å². The summed E-state index contributed by atoms with van der Waals surface area (Å²) in [6.07, 6.45) is 10.2. The van der Waals surface area contributed by atoms with Crippen LogP contribution in [0.25, 0.3) is 0 Å². The van der Waals surface area contributed by atoms with Gasteiger partial charge in [-0.25, -0.2) is 0 Å². The number of carbonyl (C=O) groups excluding carboxylic acids is 3. The Labute approximate surface area is 171 Å². The van der Waals surface area contributed by atoms with E-state index >= 15 is 0 Å². The van der Waals surface area contributed by atoms with E-state index in [1.54, 1.807) is 18.2 Å². The van der Waals surface area contributed by atoms with E-state index in [-0.39, 0.29) is 17.0 Å². The number of pyridine rings is 1. The van der Waals surface area contributed by atoms with Crippen LogP contribution in [0.3, 0.4) is 0 Å². The first-order valence-electron chi connectivity index (χ1n) is 11.1. The molecule has 1 aromatic rings. The number of hydrogen-bond donors (Lipinski definition) is 1. The molecule has 4 saturated carbocycles. The van der Waals surface area contributed by atoms with Crippen LogP contribution in [-0.2, 0) is 9.59 Å². The number of nitrogens with one attached hydrogen (secondary N) is 1. The van der Waals surface area contributed by atoms with Crippen LogP contribution in [0.4, 0.5) is 0 Å². The van der Waals surface area contributed by atoms with E-state index in [1.807, 2.05) is 4.90 Å². The molecule has 29 heavy (non-hydrogen) atoms. The summed E-state index contributed by atoms with van der Waals surface area (Å²) in [6, 6.07) is 4.64. The largest absolute Gasteiger partial charge is 0.298 e. The zero-order chi connectivity index (χ0) is 20.0. The molecule has 1 aromatic heterocycles.